The fraction of sp³-hybridized carbons (Fsp3) is 0.579. The summed E-state index contributed by atoms with van der Waals surface area (Å²) in [5, 5.41) is 3.39. The zero-order valence-corrected chi connectivity index (χ0v) is 15.0. The number of benzene rings is 1. The number of rotatable bonds is 3. The lowest BCUT2D eigenvalue weighted by Gasteiger charge is -2.40. The van der Waals surface area contributed by atoms with E-state index in [0.717, 1.165) is 43.8 Å². The molecule has 0 bridgehead atoms. The Labute approximate surface area is 149 Å². The first-order valence-electron chi connectivity index (χ1n) is 9.01. The molecule has 2 saturated heterocycles. The third-order valence-corrected chi connectivity index (χ3v) is 5.32. The van der Waals surface area contributed by atoms with Gasteiger partial charge in [0, 0.05) is 45.6 Å². The van der Waals surface area contributed by atoms with Crippen molar-refractivity contribution in [3.63, 3.8) is 0 Å². The summed E-state index contributed by atoms with van der Waals surface area (Å²) in [6, 6.07) is 8.01. The quantitative estimate of drug-likeness (QED) is 0.900. The van der Waals surface area contributed by atoms with Crippen molar-refractivity contribution in [1.29, 1.82) is 0 Å². The van der Waals surface area contributed by atoms with Gasteiger partial charge in [0.25, 0.3) is 0 Å². The minimum atomic E-state index is 0.0226. The number of methoxy groups -OCH3 is 1. The van der Waals surface area contributed by atoms with Gasteiger partial charge >= 0.3 is 0 Å². The molecule has 2 aliphatic rings. The summed E-state index contributed by atoms with van der Waals surface area (Å²) < 4.78 is 5.23. The molecule has 1 aromatic rings. The van der Waals surface area contributed by atoms with Crippen LogP contribution >= 0.6 is 0 Å². The molecule has 0 spiro atoms. The normalized spacial score (nSPS) is 21.9. The van der Waals surface area contributed by atoms with E-state index in [4.69, 9.17) is 4.74 Å². The monoisotopic (exact) mass is 345 g/mol. The molecule has 6 heteroatoms. The van der Waals surface area contributed by atoms with Crippen molar-refractivity contribution in [2.75, 3.05) is 39.8 Å². The van der Waals surface area contributed by atoms with Gasteiger partial charge in [-0.1, -0.05) is 12.1 Å². The van der Waals surface area contributed by atoms with E-state index in [2.05, 4.69) is 5.32 Å². The van der Waals surface area contributed by atoms with Crippen LogP contribution < -0.4 is 10.1 Å². The van der Waals surface area contributed by atoms with E-state index in [-0.39, 0.29) is 23.8 Å². The van der Waals surface area contributed by atoms with E-state index in [1.54, 1.807) is 14.0 Å². The summed E-state index contributed by atoms with van der Waals surface area (Å²) in [6.45, 7) is 5.28. The van der Waals surface area contributed by atoms with E-state index < -0.39 is 0 Å². The summed E-state index contributed by atoms with van der Waals surface area (Å²) in [5.74, 6) is 1.17. The number of nitrogens with zero attached hydrogens (tertiary/aromatic N) is 2. The summed E-state index contributed by atoms with van der Waals surface area (Å²) >= 11 is 0. The average molecular weight is 345 g/mol. The van der Waals surface area contributed by atoms with Crippen LogP contribution in [0.15, 0.2) is 24.3 Å². The third kappa shape index (κ3) is 3.95. The van der Waals surface area contributed by atoms with Gasteiger partial charge in [-0.3, -0.25) is 9.59 Å². The molecular weight excluding hydrogens is 318 g/mol. The molecule has 1 atom stereocenters. The number of piperidine rings is 1. The number of hydrogen-bond donors (Lipinski definition) is 1. The number of carbonyl (C=O) groups excluding carboxylic acids is 2. The topological polar surface area (TPSA) is 61.9 Å². The number of ether oxygens (including phenoxy) is 1. The number of amides is 2. The largest absolute Gasteiger partial charge is 0.497 e. The van der Waals surface area contributed by atoms with Crippen LogP contribution in [-0.2, 0) is 9.59 Å². The fourth-order valence-corrected chi connectivity index (χ4v) is 3.77. The van der Waals surface area contributed by atoms with Crippen LogP contribution in [0.3, 0.4) is 0 Å². The van der Waals surface area contributed by atoms with Crippen LogP contribution in [0.25, 0.3) is 0 Å². The number of nitrogens with one attached hydrogen (secondary N) is 1. The summed E-state index contributed by atoms with van der Waals surface area (Å²) in [6.07, 6.45) is 1.52. The fourth-order valence-electron chi connectivity index (χ4n) is 3.77. The molecule has 6 nitrogen and oxygen atoms in total. The highest BCUT2D eigenvalue weighted by Crippen LogP contribution is 2.28. The zero-order chi connectivity index (χ0) is 17.8. The molecule has 0 aliphatic carbocycles. The second-order valence-electron chi connectivity index (χ2n) is 6.81. The molecule has 25 heavy (non-hydrogen) atoms. The summed E-state index contributed by atoms with van der Waals surface area (Å²) in [5.41, 5.74) is 1.13. The first kappa shape index (κ1) is 17.7. The van der Waals surface area contributed by atoms with Gasteiger partial charge in [-0.25, -0.2) is 0 Å². The van der Waals surface area contributed by atoms with Crippen molar-refractivity contribution in [2.24, 2.45) is 5.92 Å². The third-order valence-electron chi connectivity index (χ3n) is 5.32. The first-order chi connectivity index (χ1) is 12.1. The molecule has 2 aliphatic heterocycles. The van der Waals surface area contributed by atoms with Crippen molar-refractivity contribution in [1.82, 2.24) is 15.1 Å². The van der Waals surface area contributed by atoms with Crippen LogP contribution in [-0.4, -0.2) is 61.4 Å². The number of hydrogen-bond acceptors (Lipinski definition) is 4. The van der Waals surface area contributed by atoms with Gasteiger partial charge in [-0.2, -0.15) is 0 Å². The van der Waals surface area contributed by atoms with Crippen LogP contribution in [0.5, 0.6) is 5.75 Å². The smallest absolute Gasteiger partial charge is 0.226 e. The van der Waals surface area contributed by atoms with E-state index in [1.165, 1.54) is 0 Å². The Kier molecular flexibility index (Phi) is 5.58. The maximum atomic E-state index is 13.1. The SMILES string of the molecule is COc1ccc(C2CNCCN2C(=O)C2CCN(C(C)=O)CC2)cc1. The van der Waals surface area contributed by atoms with Gasteiger partial charge in [0.1, 0.15) is 5.75 Å². The highest BCUT2D eigenvalue weighted by atomic mass is 16.5. The molecule has 1 N–H and O–H groups in total. The Morgan fingerprint density at radius 1 is 1.12 bits per heavy atom. The van der Waals surface area contributed by atoms with E-state index in [9.17, 15) is 9.59 Å². The van der Waals surface area contributed by atoms with Gasteiger partial charge in [-0.05, 0) is 30.5 Å². The second kappa shape index (κ2) is 7.87. The Bertz CT molecular complexity index is 609. The molecule has 2 amide bonds. The van der Waals surface area contributed by atoms with E-state index in [0.29, 0.717) is 13.1 Å². The maximum Gasteiger partial charge on any atom is 0.226 e. The molecular formula is C19H27N3O3. The lowest BCUT2D eigenvalue weighted by atomic mass is 9.93. The standard InChI is InChI=1S/C19H27N3O3/c1-14(23)21-10-7-16(8-11-21)19(24)22-12-9-20-13-18(22)15-3-5-17(25-2)6-4-15/h3-6,16,18,20H,7-13H2,1-2H3. The lowest BCUT2D eigenvalue weighted by molar-refractivity contribution is -0.142. The van der Waals surface area contributed by atoms with Crippen LogP contribution in [0.4, 0.5) is 0 Å². The summed E-state index contributed by atoms with van der Waals surface area (Å²) in [7, 11) is 1.65. The predicted molar refractivity (Wildman–Crippen MR) is 95.3 cm³/mol. The maximum absolute atomic E-state index is 13.1. The Morgan fingerprint density at radius 2 is 1.80 bits per heavy atom. The molecule has 0 saturated carbocycles. The van der Waals surface area contributed by atoms with Gasteiger partial charge in [0.05, 0.1) is 13.2 Å². The van der Waals surface area contributed by atoms with Crippen LogP contribution in [0.2, 0.25) is 0 Å². The minimum Gasteiger partial charge on any atom is -0.497 e. The van der Waals surface area contributed by atoms with Gasteiger partial charge in [-0.15, -0.1) is 0 Å². The lowest BCUT2D eigenvalue weighted by Crippen LogP contribution is -2.52. The molecule has 2 heterocycles. The van der Waals surface area contributed by atoms with Gasteiger partial charge in [0.2, 0.25) is 11.8 Å². The number of piperazine rings is 1. The first-order valence-corrected chi connectivity index (χ1v) is 9.01. The van der Waals surface area contributed by atoms with E-state index >= 15 is 0 Å². The molecule has 0 aromatic heterocycles. The average Bonchev–Trinajstić information content (AvgIpc) is 2.67. The Hall–Kier alpha value is -2.08. The second-order valence-corrected chi connectivity index (χ2v) is 6.81. The summed E-state index contributed by atoms with van der Waals surface area (Å²) in [4.78, 5) is 28.4. The number of carbonyl (C=O) groups is 2. The number of likely N-dealkylation sites (tertiary alicyclic amines) is 1. The molecule has 2 fully saturated rings. The molecule has 1 unspecified atom stereocenters. The van der Waals surface area contributed by atoms with Crippen LogP contribution in [0, 0.1) is 5.92 Å². The Balaban J connectivity index is 1.70. The molecule has 136 valence electrons. The van der Waals surface area contributed by atoms with Crippen molar-refractivity contribution in [3.8, 4) is 5.75 Å². The van der Waals surface area contributed by atoms with E-state index in [1.807, 2.05) is 34.1 Å². The van der Waals surface area contributed by atoms with Gasteiger partial charge in [0.15, 0.2) is 0 Å². The van der Waals surface area contributed by atoms with Crippen LogP contribution in [0.1, 0.15) is 31.4 Å². The van der Waals surface area contributed by atoms with Gasteiger partial charge < -0.3 is 19.9 Å². The Morgan fingerprint density at radius 3 is 2.40 bits per heavy atom. The highest BCUT2D eigenvalue weighted by molar-refractivity contribution is 5.80. The molecule has 3 rings (SSSR count). The highest BCUT2D eigenvalue weighted by Gasteiger charge is 2.34. The minimum absolute atomic E-state index is 0.0226. The molecule has 1 aromatic carbocycles. The molecule has 0 radical (unpaired) electrons. The van der Waals surface area contributed by atoms with Crippen molar-refractivity contribution < 1.29 is 14.3 Å². The van der Waals surface area contributed by atoms with Crippen molar-refractivity contribution >= 4 is 11.8 Å². The predicted octanol–water partition coefficient (Wildman–Crippen LogP) is 1.43. The zero-order valence-electron chi connectivity index (χ0n) is 15.0. The van der Waals surface area contributed by atoms with Crippen molar-refractivity contribution in [3.05, 3.63) is 29.8 Å². The van der Waals surface area contributed by atoms with Crippen molar-refractivity contribution in [2.45, 2.75) is 25.8 Å².